The third-order valence-corrected chi connectivity index (χ3v) is 5.24. The number of benzene rings is 2. The molecule has 0 spiro atoms. The van der Waals surface area contributed by atoms with E-state index >= 15 is 0 Å². The molecule has 2 aromatic carbocycles. The van der Waals surface area contributed by atoms with E-state index in [0.29, 0.717) is 12.1 Å². The van der Waals surface area contributed by atoms with Gasteiger partial charge in [0.05, 0.1) is 23.2 Å². The number of rotatable bonds is 2. The maximum Gasteiger partial charge on any atom is 0.271 e. The zero-order valence-electron chi connectivity index (χ0n) is 12.9. The van der Waals surface area contributed by atoms with E-state index < -0.39 is 17.1 Å². The summed E-state index contributed by atoms with van der Waals surface area (Å²) in [6.45, 7) is 0. The predicted octanol–water partition coefficient (Wildman–Crippen LogP) is 2.59. The number of non-ortho nitro benzene ring substituents is 1. The van der Waals surface area contributed by atoms with Crippen molar-refractivity contribution < 1.29 is 15.1 Å². The molecule has 1 aliphatic carbocycles. The number of anilines is 1. The van der Waals surface area contributed by atoms with Gasteiger partial charge in [-0.1, -0.05) is 30.3 Å². The van der Waals surface area contributed by atoms with Crippen molar-refractivity contribution in [2.75, 3.05) is 5.32 Å². The van der Waals surface area contributed by atoms with Crippen LogP contribution in [0.2, 0.25) is 0 Å². The lowest BCUT2D eigenvalue weighted by Gasteiger charge is -2.38. The number of aliphatic hydroxyl groups is 2. The Bertz CT molecular complexity index is 780. The van der Waals surface area contributed by atoms with Gasteiger partial charge >= 0.3 is 0 Å². The molecule has 0 radical (unpaired) electrons. The van der Waals surface area contributed by atoms with Crippen molar-refractivity contribution in [2.45, 2.75) is 30.6 Å². The molecule has 0 aromatic heterocycles. The van der Waals surface area contributed by atoms with E-state index in [2.05, 4.69) is 5.32 Å². The van der Waals surface area contributed by atoms with E-state index in [4.69, 9.17) is 0 Å². The molecule has 0 unspecified atom stereocenters. The molecule has 0 amide bonds. The summed E-state index contributed by atoms with van der Waals surface area (Å²) in [6, 6.07) is 14.4. The van der Waals surface area contributed by atoms with Gasteiger partial charge in [0, 0.05) is 23.7 Å². The largest absolute Gasteiger partial charge is 0.390 e. The number of nitrogens with one attached hydrogen (secondary N) is 1. The van der Waals surface area contributed by atoms with Gasteiger partial charge in [0.2, 0.25) is 0 Å². The van der Waals surface area contributed by atoms with Crippen molar-refractivity contribution in [3.8, 4) is 0 Å². The van der Waals surface area contributed by atoms with Crippen LogP contribution in [0.1, 0.15) is 29.5 Å². The van der Waals surface area contributed by atoms with Crippen LogP contribution < -0.4 is 5.32 Å². The minimum atomic E-state index is -0.858. The van der Waals surface area contributed by atoms with E-state index in [9.17, 15) is 20.3 Å². The Morgan fingerprint density at radius 3 is 2.58 bits per heavy atom. The number of aliphatic hydroxyl groups excluding tert-OH is 2. The molecule has 6 nitrogen and oxygen atoms in total. The van der Waals surface area contributed by atoms with E-state index in [1.807, 2.05) is 30.3 Å². The molecule has 5 atom stereocenters. The second-order valence-electron chi connectivity index (χ2n) is 6.54. The first kappa shape index (κ1) is 15.1. The summed E-state index contributed by atoms with van der Waals surface area (Å²) in [6.07, 6.45) is -1.15. The molecule has 1 aliphatic heterocycles. The predicted molar refractivity (Wildman–Crippen MR) is 88.8 cm³/mol. The molecular weight excluding hydrogens is 308 g/mol. The van der Waals surface area contributed by atoms with Crippen LogP contribution in [-0.4, -0.2) is 27.3 Å². The highest BCUT2D eigenvalue weighted by Gasteiger charge is 2.49. The summed E-state index contributed by atoms with van der Waals surface area (Å²) in [7, 11) is 0. The van der Waals surface area contributed by atoms with Crippen LogP contribution >= 0.6 is 0 Å². The van der Waals surface area contributed by atoms with Crippen LogP contribution in [0, 0.1) is 16.0 Å². The average molecular weight is 326 g/mol. The average Bonchev–Trinajstić information content (AvgIpc) is 2.90. The fourth-order valence-corrected chi connectivity index (χ4v) is 4.15. The first-order chi connectivity index (χ1) is 11.6. The van der Waals surface area contributed by atoms with E-state index in [0.717, 1.165) is 11.1 Å². The van der Waals surface area contributed by atoms with Gasteiger partial charge in [-0.3, -0.25) is 10.1 Å². The molecule has 0 bridgehead atoms. The van der Waals surface area contributed by atoms with Crippen molar-refractivity contribution in [3.05, 3.63) is 69.8 Å². The van der Waals surface area contributed by atoms with Crippen LogP contribution in [0.4, 0.5) is 11.4 Å². The molecule has 3 N–H and O–H groups in total. The van der Waals surface area contributed by atoms with Crippen LogP contribution in [0.15, 0.2) is 48.5 Å². The zero-order valence-corrected chi connectivity index (χ0v) is 12.9. The Labute approximate surface area is 138 Å². The Balaban J connectivity index is 1.83. The lowest BCUT2D eigenvalue weighted by atomic mass is 9.76. The SMILES string of the molecule is O=[N+]([O-])c1ccc2c(c1)N[C@H](c1ccccc1)[C@@H]1C[C@H](O)[C@H](O)[C@H]21. The number of nitrogens with zero attached hydrogens (tertiary/aromatic N) is 1. The zero-order chi connectivity index (χ0) is 16.8. The molecule has 1 saturated carbocycles. The summed E-state index contributed by atoms with van der Waals surface area (Å²) >= 11 is 0. The minimum Gasteiger partial charge on any atom is -0.390 e. The molecule has 6 heteroatoms. The second kappa shape index (κ2) is 5.58. The summed E-state index contributed by atoms with van der Waals surface area (Å²) in [5.74, 6) is -0.200. The highest BCUT2D eigenvalue weighted by Crippen LogP contribution is 2.53. The first-order valence-electron chi connectivity index (χ1n) is 8.02. The molecular formula is C18H18N2O4. The first-order valence-corrected chi connectivity index (χ1v) is 8.02. The second-order valence-corrected chi connectivity index (χ2v) is 6.54. The monoisotopic (exact) mass is 326 g/mol. The number of nitro benzene ring substituents is 1. The molecule has 4 rings (SSSR count). The third kappa shape index (κ3) is 2.26. The molecule has 24 heavy (non-hydrogen) atoms. The van der Waals surface area contributed by atoms with E-state index in [1.165, 1.54) is 12.1 Å². The van der Waals surface area contributed by atoms with Crippen molar-refractivity contribution >= 4 is 11.4 Å². The number of hydrogen-bond acceptors (Lipinski definition) is 5. The Morgan fingerprint density at radius 2 is 1.88 bits per heavy atom. The number of nitro groups is 1. The van der Waals surface area contributed by atoms with Gasteiger partial charge in [-0.05, 0) is 29.5 Å². The normalized spacial score (nSPS) is 31.0. The molecule has 124 valence electrons. The number of hydrogen-bond donors (Lipinski definition) is 3. The van der Waals surface area contributed by atoms with Crippen LogP contribution in [0.5, 0.6) is 0 Å². The molecule has 2 aliphatic rings. The maximum atomic E-state index is 11.1. The Hall–Kier alpha value is -2.44. The van der Waals surface area contributed by atoms with E-state index in [1.54, 1.807) is 6.07 Å². The van der Waals surface area contributed by atoms with Crippen molar-refractivity contribution in [1.82, 2.24) is 0 Å². The topological polar surface area (TPSA) is 95.6 Å². The maximum absolute atomic E-state index is 11.1. The van der Waals surface area contributed by atoms with Gasteiger partial charge in [0.1, 0.15) is 0 Å². The summed E-state index contributed by atoms with van der Waals surface area (Å²) in [4.78, 5) is 10.6. The smallest absolute Gasteiger partial charge is 0.271 e. The Morgan fingerprint density at radius 1 is 1.12 bits per heavy atom. The van der Waals surface area contributed by atoms with Gasteiger partial charge in [-0.25, -0.2) is 0 Å². The number of fused-ring (bicyclic) bond motifs is 3. The van der Waals surface area contributed by atoms with E-state index in [-0.39, 0.29) is 23.6 Å². The quantitative estimate of drug-likeness (QED) is 0.582. The highest BCUT2D eigenvalue weighted by atomic mass is 16.6. The van der Waals surface area contributed by atoms with Gasteiger partial charge in [0.25, 0.3) is 5.69 Å². The van der Waals surface area contributed by atoms with Gasteiger partial charge < -0.3 is 15.5 Å². The minimum absolute atomic E-state index is 0.0135. The lowest BCUT2D eigenvalue weighted by Crippen LogP contribution is -2.32. The standard InChI is InChI=1S/C18H18N2O4/c21-15-9-13-16(18(15)22)12-7-6-11(20(23)24)8-14(12)19-17(13)10-4-2-1-3-5-10/h1-8,13,15-19,21-22H,9H2/t13-,15+,16-,17-,18+/m1/s1. The van der Waals surface area contributed by atoms with Crippen LogP contribution in [0.3, 0.4) is 0 Å². The van der Waals surface area contributed by atoms with Gasteiger partial charge in [-0.2, -0.15) is 0 Å². The Kier molecular flexibility index (Phi) is 3.51. The van der Waals surface area contributed by atoms with Crippen molar-refractivity contribution in [3.63, 3.8) is 0 Å². The third-order valence-electron chi connectivity index (χ3n) is 5.24. The fourth-order valence-electron chi connectivity index (χ4n) is 4.15. The van der Waals surface area contributed by atoms with Crippen molar-refractivity contribution in [1.29, 1.82) is 0 Å². The molecule has 1 fully saturated rings. The summed E-state index contributed by atoms with van der Waals surface area (Å²) in [5, 5.41) is 35.1. The fraction of sp³-hybridized carbons (Fsp3) is 0.333. The molecule has 2 aromatic rings. The highest BCUT2D eigenvalue weighted by molar-refractivity contribution is 5.63. The van der Waals surface area contributed by atoms with Crippen LogP contribution in [0.25, 0.3) is 0 Å². The molecule has 0 saturated heterocycles. The summed E-state index contributed by atoms with van der Waals surface area (Å²) in [5.41, 5.74) is 2.56. The molecule has 1 heterocycles. The van der Waals surface area contributed by atoms with Crippen molar-refractivity contribution in [2.24, 2.45) is 5.92 Å². The lowest BCUT2D eigenvalue weighted by molar-refractivity contribution is -0.384. The summed E-state index contributed by atoms with van der Waals surface area (Å²) < 4.78 is 0. The van der Waals surface area contributed by atoms with Gasteiger partial charge in [0.15, 0.2) is 0 Å². The van der Waals surface area contributed by atoms with Gasteiger partial charge in [-0.15, -0.1) is 0 Å². The van der Waals surface area contributed by atoms with Crippen LogP contribution in [-0.2, 0) is 0 Å².